The summed E-state index contributed by atoms with van der Waals surface area (Å²) < 4.78 is 0. The van der Waals surface area contributed by atoms with Gasteiger partial charge in [-0.3, -0.25) is 4.79 Å². The predicted octanol–water partition coefficient (Wildman–Crippen LogP) is 0.959. The van der Waals surface area contributed by atoms with Gasteiger partial charge in [0.25, 0.3) is 0 Å². The van der Waals surface area contributed by atoms with E-state index in [1.54, 1.807) is 0 Å². The molecule has 0 bridgehead atoms. The Morgan fingerprint density at radius 3 is 2.12 bits per heavy atom. The average molecular weight is 229 g/mol. The van der Waals surface area contributed by atoms with Crippen LogP contribution in [0.4, 0.5) is 0 Å². The molecule has 1 unspecified atom stereocenters. The Bertz CT molecular complexity index is 202. The minimum Gasteiger partial charge on any atom is -0.368 e. The topological polar surface area (TPSA) is 58.4 Å². The summed E-state index contributed by atoms with van der Waals surface area (Å²) >= 11 is 0. The molecule has 4 nitrogen and oxygen atoms in total. The van der Waals surface area contributed by atoms with Crippen LogP contribution >= 0.6 is 0 Å². The van der Waals surface area contributed by atoms with E-state index < -0.39 is 0 Å². The van der Waals surface area contributed by atoms with Crippen molar-refractivity contribution in [3.63, 3.8) is 0 Å². The number of nitrogens with two attached hydrogens (primary N) is 1. The van der Waals surface area contributed by atoms with Crippen LogP contribution in [0, 0.1) is 0 Å². The van der Waals surface area contributed by atoms with E-state index in [0.29, 0.717) is 12.6 Å². The van der Waals surface area contributed by atoms with E-state index in [9.17, 15) is 4.79 Å². The molecule has 1 atom stereocenters. The van der Waals surface area contributed by atoms with E-state index >= 15 is 0 Å². The summed E-state index contributed by atoms with van der Waals surface area (Å²) in [5.74, 6) is -0.272. The third-order valence-electron chi connectivity index (χ3n) is 2.91. The number of nitrogens with zero attached hydrogens (tertiary/aromatic N) is 1. The van der Waals surface area contributed by atoms with Crippen molar-refractivity contribution in [1.82, 2.24) is 10.2 Å². The van der Waals surface area contributed by atoms with Crippen LogP contribution in [-0.4, -0.2) is 42.5 Å². The lowest BCUT2D eigenvalue weighted by molar-refractivity contribution is -0.120. The summed E-state index contributed by atoms with van der Waals surface area (Å²) in [7, 11) is 2.05. The zero-order valence-electron chi connectivity index (χ0n) is 11.3. The highest BCUT2D eigenvalue weighted by atomic mass is 16.1. The van der Waals surface area contributed by atoms with Gasteiger partial charge < -0.3 is 16.0 Å². The van der Waals surface area contributed by atoms with Crippen LogP contribution in [0.1, 0.15) is 40.5 Å². The van der Waals surface area contributed by atoms with Gasteiger partial charge in [0, 0.05) is 18.6 Å². The van der Waals surface area contributed by atoms with Crippen molar-refractivity contribution in [1.29, 1.82) is 0 Å². The lowest BCUT2D eigenvalue weighted by Crippen LogP contribution is -2.52. The number of carbonyl (C=O) groups excluding carboxylic acids is 1. The highest BCUT2D eigenvalue weighted by Gasteiger charge is 2.20. The maximum atomic E-state index is 11.3. The van der Waals surface area contributed by atoms with Gasteiger partial charge in [0.05, 0.1) is 6.04 Å². The molecular weight excluding hydrogens is 202 g/mol. The second-order valence-electron chi connectivity index (χ2n) is 4.69. The van der Waals surface area contributed by atoms with Gasteiger partial charge >= 0.3 is 0 Å². The van der Waals surface area contributed by atoms with Gasteiger partial charge in [-0.15, -0.1) is 0 Å². The zero-order valence-corrected chi connectivity index (χ0v) is 11.3. The van der Waals surface area contributed by atoms with E-state index in [-0.39, 0.29) is 18.0 Å². The largest absolute Gasteiger partial charge is 0.368 e. The van der Waals surface area contributed by atoms with Crippen LogP contribution in [0.3, 0.4) is 0 Å². The van der Waals surface area contributed by atoms with Gasteiger partial charge in [-0.1, -0.05) is 27.7 Å². The van der Waals surface area contributed by atoms with Crippen molar-refractivity contribution >= 4 is 5.91 Å². The summed E-state index contributed by atoms with van der Waals surface area (Å²) in [6.07, 6.45) is 2.19. The van der Waals surface area contributed by atoms with Crippen LogP contribution in [-0.2, 0) is 4.79 Å². The lowest BCUT2D eigenvalue weighted by atomic mass is 10.1. The number of hydrogen-bond donors (Lipinski definition) is 2. The molecule has 0 saturated heterocycles. The maximum absolute atomic E-state index is 11.3. The number of carbonyl (C=O) groups is 1. The molecule has 0 rings (SSSR count). The molecule has 1 amide bonds. The Morgan fingerprint density at radius 2 is 1.81 bits per heavy atom. The fourth-order valence-electron chi connectivity index (χ4n) is 1.98. The molecule has 0 radical (unpaired) electrons. The highest BCUT2D eigenvalue weighted by molar-refractivity contribution is 5.80. The lowest BCUT2D eigenvalue weighted by Gasteiger charge is -2.30. The zero-order chi connectivity index (χ0) is 12.7. The minimum atomic E-state index is -0.272. The molecule has 4 heteroatoms. The Morgan fingerprint density at radius 1 is 1.31 bits per heavy atom. The number of nitrogens with one attached hydrogen (secondary N) is 1. The normalized spacial score (nSPS) is 13.8. The molecule has 0 aromatic carbocycles. The Kier molecular flexibility index (Phi) is 7.34. The van der Waals surface area contributed by atoms with Crippen molar-refractivity contribution in [2.24, 2.45) is 5.73 Å². The molecule has 0 spiro atoms. The Hall–Kier alpha value is -0.610. The first-order chi connectivity index (χ1) is 7.42. The molecule has 0 aliphatic heterocycles. The Balaban J connectivity index is 4.32. The predicted molar refractivity (Wildman–Crippen MR) is 68.3 cm³/mol. The van der Waals surface area contributed by atoms with E-state index in [1.165, 1.54) is 0 Å². The molecular formula is C12H27N3O. The molecule has 0 heterocycles. The van der Waals surface area contributed by atoms with Crippen molar-refractivity contribution in [2.45, 2.75) is 58.7 Å². The van der Waals surface area contributed by atoms with E-state index in [0.717, 1.165) is 12.8 Å². The second kappa shape index (κ2) is 7.63. The van der Waals surface area contributed by atoms with Crippen LogP contribution < -0.4 is 11.1 Å². The van der Waals surface area contributed by atoms with Crippen molar-refractivity contribution in [3.8, 4) is 0 Å². The second-order valence-corrected chi connectivity index (χ2v) is 4.69. The number of likely N-dealkylation sites (N-methyl/N-ethyl adjacent to an activating group) is 1. The smallest absolute Gasteiger partial charge is 0.235 e. The van der Waals surface area contributed by atoms with Gasteiger partial charge in [-0.25, -0.2) is 0 Å². The molecule has 3 N–H and O–H groups in total. The molecule has 0 aliphatic carbocycles. The first-order valence-electron chi connectivity index (χ1n) is 6.17. The first kappa shape index (κ1) is 15.4. The summed E-state index contributed by atoms with van der Waals surface area (Å²) in [6, 6.07) is 0.536. The highest BCUT2D eigenvalue weighted by Crippen LogP contribution is 2.06. The number of rotatable bonds is 8. The fraction of sp³-hybridized carbons (Fsp3) is 0.917. The van der Waals surface area contributed by atoms with E-state index in [1.807, 2.05) is 13.8 Å². The average Bonchev–Trinajstić information content (AvgIpc) is 2.17. The summed E-state index contributed by atoms with van der Waals surface area (Å²) in [5, 5.41) is 3.20. The molecule has 0 aromatic heterocycles. The van der Waals surface area contributed by atoms with Crippen LogP contribution in [0.5, 0.6) is 0 Å². The van der Waals surface area contributed by atoms with Crippen molar-refractivity contribution < 1.29 is 4.79 Å². The van der Waals surface area contributed by atoms with Crippen LogP contribution in [0.25, 0.3) is 0 Å². The van der Waals surface area contributed by atoms with E-state index in [2.05, 4.69) is 31.1 Å². The Labute approximate surface area is 99.6 Å². The monoisotopic (exact) mass is 229 g/mol. The molecule has 16 heavy (non-hydrogen) atoms. The summed E-state index contributed by atoms with van der Waals surface area (Å²) in [5.41, 5.74) is 5.39. The van der Waals surface area contributed by atoms with Crippen LogP contribution in [0.2, 0.25) is 0 Å². The van der Waals surface area contributed by atoms with Gasteiger partial charge in [0.15, 0.2) is 0 Å². The molecule has 0 saturated carbocycles. The first-order valence-corrected chi connectivity index (χ1v) is 6.17. The van der Waals surface area contributed by atoms with E-state index in [4.69, 9.17) is 5.73 Å². The third-order valence-corrected chi connectivity index (χ3v) is 2.91. The SMILES string of the molecule is CCC(CC)N(C)CC(NC(C)C)C(N)=O. The standard InChI is InChI=1S/C12H27N3O/c1-6-10(7-2)15(5)8-11(12(13)16)14-9(3)4/h9-11,14H,6-8H2,1-5H3,(H2,13,16). The quantitative estimate of drug-likeness (QED) is 0.652. The molecule has 96 valence electrons. The maximum Gasteiger partial charge on any atom is 0.235 e. The molecule has 0 aliphatic rings. The fourth-order valence-corrected chi connectivity index (χ4v) is 1.98. The summed E-state index contributed by atoms with van der Waals surface area (Å²) in [6.45, 7) is 9.06. The minimum absolute atomic E-state index is 0.259. The summed E-state index contributed by atoms with van der Waals surface area (Å²) in [4.78, 5) is 13.5. The number of hydrogen-bond acceptors (Lipinski definition) is 3. The van der Waals surface area contributed by atoms with Crippen LogP contribution in [0.15, 0.2) is 0 Å². The number of primary amides is 1. The van der Waals surface area contributed by atoms with Crippen molar-refractivity contribution in [2.75, 3.05) is 13.6 Å². The molecule has 0 fully saturated rings. The van der Waals surface area contributed by atoms with Gasteiger partial charge in [-0.05, 0) is 19.9 Å². The third kappa shape index (κ3) is 5.47. The molecule has 0 aromatic rings. The van der Waals surface area contributed by atoms with Gasteiger partial charge in [0.1, 0.15) is 0 Å². The number of amides is 1. The van der Waals surface area contributed by atoms with Gasteiger partial charge in [0.2, 0.25) is 5.91 Å². The van der Waals surface area contributed by atoms with Crippen molar-refractivity contribution in [3.05, 3.63) is 0 Å². The van der Waals surface area contributed by atoms with Gasteiger partial charge in [-0.2, -0.15) is 0 Å².